The molecule has 0 radical (unpaired) electrons. The molecule has 0 bridgehead atoms. The quantitative estimate of drug-likeness (QED) is 0.547. The number of nitrogens with zero attached hydrogens (tertiary/aromatic N) is 3. The highest BCUT2D eigenvalue weighted by Crippen LogP contribution is 2.34. The number of hydrogen-bond acceptors (Lipinski definition) is 5. The summed E-state index contributed by atoms with van der Waals surface area (Å²) in [6, 6.07) is 8.88. The second-order valence-corrected chi connectivity index (χ2v) is 8.03. The zero-order chi connectivity index (χ0) is 22.7. The van der Waals surface area contributed by atoms with E-state index in [0.717, 1.165) is 51.3 Å². The molecular weight excluding hydrogens is 421 g/mol. The van der Waals surface area contributed by atoms with Crippen LogP contribution < -0.4 is 9.47 Å². The van der Waals surface area contributed by atoms with Crippen molar-refractivity contribution in [3.05, 3.63) is 42.0 Å². The maximum Gasteiger partial charge on any atom is 0.416 e. The summed E-state index contributed by atoms with van der Waals surface area (Å²) in [7, 11) is 3.70. The Morgan fingerprint density at radius 3 is 2.53 bits per heavy atom. The summed E-state index contributed by atoms with van der Waals surface area (Å²) in [6.07, 6.45) is -3.49. The standard InChI is InChI=1S/C23H27F3N4O2/c1-29-9-11-30(12-10-29)8-3-13-32-20-7-4-16(14-21(20)31-2)22-27-18-6-5-17(23(24,25)26)15-19(18)28-22/h4-7,14-15H,3,8-13H2,1-2H3,(H,27,28). The number of alkyl halides is 3. The van der Waals surface area contributed by atoms with Gasteiger partial charge in [-0.05, 0) is 49.9 Å². The topological polar surface area (TPSA) is 53.6 Å². The predicted molar refractivity (Wildman–Crippen MR) is 117 cm³/mol. The van der Waals surface area contributed by atoms with Gasteiger partial charge < -0.3 is 24.3 Å². The molecule has 32 heavy (non-hydrogen) atoms. The summed E-state index contributed by atoms with van der Waals surface area (Å²) in [6.45, 7) is 5.91. The number of likely N-dealkylation sites (N-methyl/N-ethyl adjacent to an activating group) is 1. The van der Waals surface area contributed by atoms with Gasteiger partial charge >= 0.3 is 6.18 Å². The minimum absolute atomic E-state index is 0.262. The van der Waals surface area contributed by atoms with E-state index in [-0.39, 0.29) is 5.52 Å². The Labute approximate surface area is 184 Å². The first kappa shape index (κ1) is 22.4. The average molecular weight is 448 g/mol. The first-order valence-corrected chi connectivity index (χ1v) is 10.6. The van der Waals surface area contributed by atoms with E-state index in [1.54, 1.807) is 19.2 Å². The molecule has 0 unspecified atom stereocenters. The first-order valence-electron chi connectivity index (χ1n) is 10.6. The SMILES string of the molecule is COc1cc(-c2nc3cc(C(F)(F)F)ccc3[nH]2)ccc1OCCCN1CCN(C)CC1. The summed E-state index contributed by atoms with van der Waals surface area (Å²) >= 11 is 0. The van der Waals surface area contributed by atoms with Gasteiger partial charge in [0.05, 0.1) is 30.3 Å². The van der Waals surface area contributed by atoms with Gasteiger partial charge in [-0.15, -0.1) is 0 Å². The minimum Gasteiger partial charge on any atom is -0.493 e. The van der Waals surface area contributed by atoms with Crippen molar-refractivity contribution in [3.63, 3.8) is 0 Å². The van der Waals surface area contributed by atoms with E-state index in [1.165, 1.54) is 6.07 Å². The zero-order valence-corrected chi connectivity index (χ0v) is 18.2. The van der Waals surface area contributed by atoms with Crippen LogP contribution in [0.1, 0.15) is 12.0 Å². The molecule has 1 aliphatic heterocycles. The van der Waals surface area contributed by atoms with E-state index in [1.807, 2.05) is 6.07 Å². The van der Waals surface area contributed by atoms with Crippen LogP contribution in [0.15, 0.2) is 36.4 Å². The van der Waals surface area contributed by atoms with Gasteiger partial charge in [0, 0.05) is 38.3 Å². The lowest BCUT2D eigenvalue weighted by molar-refractivity contribution is -0.137. The van der Waals surface area contributed by atoms with Gasteiger partial charge in [-0.2, -0.15) is 13.2 Å². The lowest BCUT2D eigenvalue weighted by atomic mass is 10.2. The van der Waals surface area contributed by atoms with E-state index in [9.17, 15) is 13.2 Å². The smallest absolute Gasteiger partial charge is 0.416 e. The van der Waals surface area contributed by atoms with Crippen molar-refractivity contribution in [1.29, 1.82) is 0 Å². The number of benzene rings is 2. The number of nitrogens with one attached hydrogen (secondary N) is 1. The molecule has 1 aliphatic rings. The third kappa shape index (κ3) is 5.16. The molecule has 1 aromatic heterocycles. The van der Waals surface area contributed by atoms with E-state index in [0.29, 0.717) is 35.0 Å². The van der Waals surface area contributed by atoms with Gasteiger partial charge in [-0.1, -0.05) is 0 Å². The molecule has 0 atom stereocenters. The molecule has 6 nitrogen and oxygen atoms in total. The zero-order valence-electron chi connectivity index (χ0n) is 18.2. The summed E-state index contributed by atoms with van der Waals surface area (Å²) in [5.74, 6) is 1.66. The maximum absolute atomic E-state index is 13.0. The van der Waals surface area contributed by atoms with Crippen LogP contribution in [0, 0.1) is 0 Å². The molecule has 2 aromatic carbocycles. The number of ether oxygens (including phenoxy) is 2. The van der Waals surface area contributed by atoms with Gasteiger partial charge in [-0.25, -0.2) is 4.98 Å². The minimum atomic E-state index is -4.40. The Hall–Kier alpha value is -2.78. The Bertz CT molecular complexity index is 1060. The lowest BCUT2D eigenvalue weighted by Gasteiger charge is -2.32. The van der Waals surface area contributed by atoms with Crippen LogP contribution in [-0.4, -0.2) is 73.3 Å². The van der Waals surface area contributed by atoms with Crippen LogP contribution in [0.4, 0.5) is 13.2 Å². The predicted octanol–water partition coefficient (Wildman–Crippen LogP) is 4.27. The second-order valence-electron chi connectivity index (χ2n) is 8.03. The molecule has 1 N–H and O–H groups in total. The average Bonchev–Trinajstić information content (AvgIpc) is 3.21. The highest BCUT2D eigenvalue weighted by Gasteiger charge is 2.30. The molecule has 0 saturated carbocycles. The number of rotatable bonds is 7. The van der Waals surface area contributed by atoms with Crippen molar-refractivity contribution in [2.24, 2.45) is 0 Å². The molecule has 3 aromatic rings. The summed E-state index contributed by atoms with van der Waals surface area (Å²) < 4.78 is 50.3. The maximum atomic E-state index is 13.0. The van der Waals surface area contributed by atoms with E-state index in [4.69, 9.17) is 9.47 Å². The molecular formula is C23H27F3N4O2. The monoisotopic (exact) mass is 448 g/mol. The third-order valence-electron chi connectivity index (χ3n) is 5.72. The number of imidazole rings is 1. The van der Waals surface area contributed by atoms with Gasteiger partial charge in [0.25, 0.3) is 0 Å². The largest absolute Gasteiger partial charge is 0.493 e. The number of fused-ring (bicyclic) bond motifs is 1. The summed E-state index contributed by atoms with van der Waals surface area (Å²) in [5, 5.41) is 0. The second kappa shape index (κ2) is 9.38. The highest BCUT2D eigenvalue weighted by atomic mass is 19.4. The van der Waals surface area contributed by atoms with Crippen molar-refractivity contribution >= 4 is 11.0 Å². The van der Waals surface area contributed by atoms with Crippen molar-refractivity contribution in [2.45, 2.75) is 12.6 Å². The molecule has 4 rings (SSSR count). The molecule has 1 saturated heterocycles. The molecule has 1 fully saturated rings. The number of hydrogen-bond donors (Lipinski definition) is 1. The lowest BCUT2D eigenvalue weighted by Crippen LogP contribution is -2.44. The Balaban J connectivity index is 1.41. The fraction of sp³-hybridized carbons (Fsp3) is 0.435. The van der Waals surface area contributed by atoms with E-state index in [2.05, 4.69) is 26.8 Å². The van der Waals surface area contributed by atoms with Gasteiger partial charge in [-0.3, -0.25) is 0 Å². The van der Waals surface area contributed by atoms with E-state index >= 15 is 0 Å². The van der Waals surface area contributed by atoms with Gasteiger partial charge in [0.15, 0.2) is 11.5 Å². The number of methoxy groups -OCH3 is 1. The first-order chi connectivity index (χ1) is 15.3. The number of halogens is 3. The van der Waals surface area contributed by atoms with Crippen molar-refractivity contribution in [2.75, 3.05) is 53.5 Å². The van der Waals surface area contributed by atoms with Crippen LogP contribution in [0.25, 0.3) is 22.4 Å². The number of aromatic nitrogens is 2. The van der Waals surface area contributed by atoms with Crippen LogP contribution in [0.3, 0.4) is 0 Å². The van der Waals surface area contributed by atoms with Crippen molar-refractivity contribution in [1.82, 2.24) is 19.8 Å². The fourth-order valence-corrected chi connectivity index (χ4v) is 3.79. The van der Waals surface area contributed by atoms with Gasteiger partial charge in [0.1, 0.15) is 5.82 Å². The number of aromatic amines is 1. The molecule has 172 valence electrons. The van der Waals surface area contributed by atoms with Crippen molar-refractivity contribution in [3.8, 4) is 22.9 Å². The normalized spacial score (nSPS) is 15.9. The molecule has 0 spiro atoms. The Morgan fingerprint density at radius 1 is 1.03 bits per heavy atom. The van der Waals surface area contributed by atoms with Crippen LogP contribution in [0.2, 0.25) is 0 Å². The fourth-order valence-electron chi connectivity index (χ4n) is 3.79. The van der Waals surface area contributed by atoms with Gasteiger partial charge in [0.2, 0.25) is 0 Å². The molecule has 2 heterocycles. The van der Waals surface area contributed by atoms with Crippen LogP contribution in [-0.2, 0) is 6.18 Å². The summed E-state index contributed by atoms with van der Waals surface area (Å²) in [4.78, 5) is 12.2. The van der Waals surface area contributed by atoms with E-state index < -0.39 is 11.7 Å². The molecule has 0 amide bonds. The van der Waals surface area contributed by atoms with Crippen LogP contribution >= 0.6 is 0 Å². The Morgan fingerprint density at radius 2 is 1.81 bits per heavy atom. The highest BCUT2D eigenvalue weighted by molar-refractivity contribution is 5.80. The van der Waals surface area contributed by atoms with Crippen LogP contribution in [0.5, 0.6) is 11.5 Å². The van der Waals surface area contributed by atoms with Crippen molar-refractivity contribution < 1.29 is 22.6 Å². The molecule has 9 heteroatoms. The number of piperazine rings is 1. The summed E-state index contributed by atoms with van der Waals surface area (Å²) in [5.41, 5.74) is 0.784. The molecule has 0 aliphatic carbocycles. The number of H-pyrrole nitrogens is 1. The Kier molecular flexibility index (Phi) is 6.57. The third-order valence-corrected chi connectivity index (χ3v) is 5.72.